The van der Waals surface area contributed by atoms with Gasteiger partial charge in [0, 0.05) is 17.3 Å². The van der Waals surface area contributed by atoms with E-state index in [0.29, 0.717) is 12.2 Å². The average Bonchev–Trinajstić information content (AvgIpc) is 3.01. The lowest BCUT2D eigenvalue weighted by Gasteiger charge is -2.21. The Morgan fingerprint density at radius 3 is 2.65 bits per heavy atom. The number of aromatic nitrogens is 1. The van der Waals surface area contributed by atoms with Crippen LogP contribution in [0.1, 0.15) is 40.0 Å². The molecule has 0 bridgehead atoms. The van der Waals surface area contributed by atoms with Crippen LogP contribution in [0.15, 0.2) is 36.4 Å². The van der Waals surface area contributed by atoms with E-state index in [-0.39, 0.29) is 17.9 Å². The molecule has 2 amide bonds. The van der Waals surface area contributed by atoms with Gasteiger partial charge in [-0.05, 0) is 58.2 Å². The van der Waals surface area contributed by atoms with Gasteiger partial charge in [-0.15, -0.1) is 0 Å². The lowest BCUT2D eigenvalue weighted by molar-refractivity contribution is -0.119. The van der Waals surface area contributed by atoms with Crippen molar-refractivity contribution in [3.05, 3.63) is 36.4 Å². The Morgan fingerprint density at radius 2 is 1.88 bits per heavy atom. The third-order valence-corrected chi connectivity index (χ3v) is 4.37. The SMILES string of the molecule is CC(C)(C)OC(=O)NC1CCC(C(=O)Nc2ccc3ccccc3n2)C1. The van der Waals surface area contributed by atoms with Crippen molar-refractivity contribution in [2.24, 2.45) is 5.92 Å². The summed E-state index contributed by atoms with van der Waals surface area (Å²) >= 11 is 0. The van der Waals surface area contributed by atoms with Crippen molar-refractivity contribution in [1.82, 2.24) is 10.3 Å². The van der Waals surface area contributed by atoms with Crippen molar-refractivity contribution in [3.8, 4) is 0 Å². The predicted octanol–water partition coefficient (Wildman–Crippen LogP) is 3.87. The molecular formula is C20H25N3O3. The molecule has 1 heterocycles. The van der Waals surface area contributed by atoms with Gasteiger partial charge in [-0.25, -0.2) is 9.78 Å². The number of carbonyl (C=O) groups excluding carboxylic acids is 2. The molecule has 6 heteroatoms. The van der Waals surface area contributed by atoms with Crippen LogP contribution in [0.2, 0.25) is 0 Å². The van der Waals surface area contributed by atoms with Gasteiger partial charge in [-0.1, -0.05) is 18.2 Å². The molecule has 138 valence electrons. The van der Waals surface area contributed by atoms with Crippen molar-refractivity contribution in [1.29, 1.82) is 0 Å². The first-order valence-electron chi connectivity index (χ1n) is 8.96. The zero-order chi connectivity index (χ0) is 18.7. The second kappa shape index (κ2) is 7.32. The van der Waals surface area contributed by atoms with E-state index in [0.717, 1.165) is 23.7 Å². The summed E-state index contributed by atoms with van der Waals surface area (Å²) in [5.74, 6) is 0.363. The second-order valence-electron chi connectivity index (χ2n) is 7.73. The highest BCUT2D eigenvalue weighted by Crippen LogP contribution is 2.27. The van der Waals surface area contributed by atoms with E-state index in [1.807, 2.05) is 57.2 Å². The number of rotatable bonds is 3. The summed E-state index contributed by atoms with van der Waals surface area (Å²) in [6.07, 6.45) is 1.68. The maximum Gasteiger partial charge on any atom is 0.407 e. The molecule has 2 atom stereocenters. The summed E-state index contributed by atoms with van der Waals surface area (Å²) in [5.41, 5.74) is 0.322. The molecule has 3 rings (SSSR count). The van der Waals surface area contributed by atoms with Crippen LogP contribution in [0.25, 0.3) is 10.9 Å². The molecule has 0 aliphatic heterocycles. The lowest BCUT2D eigenvalue weighted by Crippen LogP contribution is -2.38. The van der Waals surface area contributed by atoms with E-state index >= 15 is 0 Å². The maximum atomic E-state index is 12.5. The largest absolute Gasteiger partial charge is 0.444 e. The van der Waals surface area contributed by atoms with E-state index in [2.05, 4.69) is 15.6 Å². The number of benzene rings is 1. The summed E-state index contributed by atoms with van der Waals surface area (Å²) in [6.45, 7) is 5.48. The molecule has 2 unspecified atom stereocenters. The van der Waals surface area contributed by atoms with Crippen molar-refractivity contribution in [2.75, 3.05) is 5.32 Å². The van der Waals surface area contributed by atoms with Crippen molar-refractivity contribution in [3.63, 3.8) is 0 Å². The smallest absolute Gasteiger partial charge is 0.407 e. The van der Waals surface area contributed by atoms with Gasteiger partial charge in [0.15, 0.2) is 0 Å². The Hall–Kier alpha value is -2.63. The van der Waals surface area contributed by atoms with E-state index < -0.39 is 11.7 Å². The van der Waals surface area contributed by atoms with Crippen LogP contribution in [0, 0.1) is 5.92 Å². The van der Waals surface area contributed by atoms with Crippen LogP contribution >= 0.6 is 0 Å². The number of alkyl carbamates (subject to hydrolysis) is 1. The molecule has 0 saturated heterocycles. The van der Waals surface area contributed by atoms with E-state index in [9.17, 15) is 9.59 Å². The molecule has 1 saturated carbocycles. The summed E-state index contributed by atoms with van der Waals surface area (Å²) in [7, 11) is 0. The van der Waals surface area contributed by atoms with Crippen LogP contribution in [0.4, 0.5) is 10.6 Å². The van der Waals surface area contributed by atoms with Crippen LogP contribution in [0.3, 0.4) is 0 Å². The Morgan fingerprint density at radius 1 is 1.12 bits per heavy atom. The van der Waals surface area contributed by atoms with Crippen molar-refractivity contribution < 1.29 is 14.3 Å². The van der Waals surface area contributed by atoms with Crippen molar-refractivity contribution in [2.45, 2.75) is 51.7 Å². The van der Waals surface area contributed by atoms with Gasteiger partial charge in [-0.2, -0.15) is 0 Å². The fraction of sp³-hybridized carbons (Fsp3) is 0.450. The molecule has 1 fully saturated rings. The zero-order valence-electron chi connectivity index (χ0n) is 15.4. The predicted molar refractivity (Wildman–Crippen MR) is 101 cm³/mol. The Kier molecular flexibility index (Phi) is 5.11. The molecular weight excluding hydrogens is 330 g/mol. The first-order chi connectivity index (χ1) is 12.3. The van der Waals surface area contributed by atoms with Crippen molar-refractivity contribution >= 4 is 28.7 Å². The summed E-state index contributed by atoms with van der Waals surface area (Å²) < 4.78 is 5.27. The number of fused-ring (bicyclic) bond motifs is 1. The molecule has 0 radical (unpaired) electrons. The normalized spacial score (nSPS) is 20.0. The summed E-state index contributed by atoms with van der Waals surface area (Å²) in [6, 6.07) is 11.5. The lowest BCUT2D eigenvalue weighted by atomic mass is 10.1. The van der Waals surface area contributed by atoms with Gasteiger partial charge < -0.3 is 15.4 Å². The Labute approximate surface area is 153 Å². The van der Waals surface area contributed by atoms with Gasteiger partial charge in [-0.3, -0.25) is 4.79 Å². The summed E-state index contributed by atoms with van der Waals surface area (Å²) in [4.78, 5) is 28.9. The number of para-hydroxylation sites is 1. The second-order valence-corrected chi connectivity index (χ2v) is 7.73. The molecule has 2 N–H and O–H groups in total. The van der Waals surface area contributed by atoms with Crippen LogP contribution in [-0.4, -0.2) is 28.6 Å². The Bertz CT molecular complexity index is 813. The third kappa shape index (κ3) is 4.71. The standard InChI is InChI=1S/C20H25N3O3/c1-20(2,3)26-19(25)21-15-10-8-14(12-15)18(24)23-17-11-9-13-6-4-5-7-16(13)22-17/h4-7,9,11,14-15H,8,10,12H2,1-3H3,(H,21,25)(H,22,23,24). The minimum Gasteiger partial charge on any atom is -0.444 e. The molecule has 26 heavy (non-hydrogen) atoms. The number of anilines is 1. The number of amides is 2. The van der Waals surface area contributed by atoms with E-state index in [1.165, 1.54) is 0 Å². The number of ether oxygens (including phenoxy) is 1. The monoisotopic (exact) mass is 355 g/mol. The quantitative estimate of drug-likeness (QED) is 0.876. The summed E-state index contributed by atoms with van der Waals surface area (Å²) in [5, 5.41) is 6.78. The minimum atomic E-state index is -0.527. The van der Waals surface area contributed by atoms with E-state index in [4.69, 9.17) is 4.74 Å². The number of nitrogens with one attached hydrogen (secondary N) is 2. The molecule has 2 aromatic rings. The van der Waals surface area contributed by atoms with Gasteiger partial charge in [0.05, 0.1) is 5.52 Å². The number of pyridine rings is 1. The van der Waals surface area contributed by atoms with Gasteiger partial charge >= 0.3 is 6.09 Å². The Balaban J connectivity index is 1.54. The maximum absolute atomic E-state index is 12.5. The van der Waals surface area contributed by atoms with Crippen LogP contribution < -0.4 is 10.6 Å². The molecule has 1 aliphatic rings. The first kappa shape index (κ1) is 18.2. The molecule has 1 aliphatic carbocycles. The van der Waals surface area contributed by atoms with E-state index in [1.54, 1.807) is 0 Å². The van der Waals surface area contributed by atoms with Crippen LogP contribution in [-0.2, 0) is 9.53 Å². The number of hydrogen-bond acceptors (Lipinski definition) is 4. The number of nitrogens with zero attached hydrogens (tertiary/aromatic N) is 1. The van der Waals surface area contributed by atoms with Gasteiger partial charge in [0.2, 0.25) is 5.91 Å². The fourth-order valence-corrected chi connectivity index (χ4v) is 3.19. The molecule has 1 aromatic carbocycles. The number of carbonyl (C=O) groups is 2. The average molecular weight is 355 g/mol. The highest BCUT2D eigenvalue weighted by Gasteiger charge is 2.32. The fourth-order valence-electron chi connectivity index (χ4n) is 3.19. The molecule has 6 nitrogen and oxygen atoms in total. The topological polar surface area (TPSA) is 80.3 Å². The zero-order valence-corrected chi connectivity index (χ0v) is 15.4. The highest BCUT2D eigenvalue weighted by molar-refractivity contribution is 5.93. The first-order valence-corrected chi connectivity index (χ1v) is 8.96. The van der Waals surface area contributed by atoms with Crippen LogP contribution in [0.5, 0.6) is 0 Å². The highest BCUT2D eigenvalue weighted by atomic mass is 16.6. The molecule has 0 spiro atoms. The molecule has 1 aromatic heterocycles. The van der Waals surface area contributed by atoms with Gasteiger partial charge in [0.1, 0.15) is 11.4 Å². The third-order valence-electron chi connectivity index (χ3n) is 4.37. The van der Waals surface area contributed by atoms with Gasteiger partial charge in [0.25, 0.3) is 0 Å². The minimum absolute atomic E-state index is 0.0369. The number of hydrogen-bond donors (Lipinski definition) is 2.